The SMILES string of the molecule is C#CCNC(=O)CNC(=O)[C@@H]1CSCC(=O)N[C@@H](Cc2ccc(O)cc2)C(=O)N(C)[C@@H](C)C(=O)N[C@@H](CC(N)=O)C(=O)N2CCC[C@H]2C(=O)N[C@@H](CN)C(=O)N[C@@H](CC(C)C)C(=O)N2C[C@H](O)C[C@H]2C(=O)N[C@@H](Cc2c[nH]c3ccccc23)C(=O)NCC(=O)NC(Cc2c[nH]c3ccccc23)C(=O)N(C)[C@@H](CCCC)C(=O)N(C)[C@@H](CCCC)C(=O)N[C@@H](CC(C)C)C(=O)N1. The zero-order valence-electron chi connectivity index (χ0n) is 75.3. The summed E-state index contributed by atoms with van der Waals surface area (Å²) in [4.78, 5) is 260. The van der Waals surface area contributed by atoms with Crippen LogP contribution in [0.3, 0.4) is 0 Å². The number of para-hydroxylation sites is 2. The smallest absolute Gasteiger partial charge is 0.246 e. The third kappa shape index (κ3) is 28.7. The van der Waals surface area contributed by atoms with Crippen LogP contribution < -0.4 is 70.0 Å². The molecule has 706 valence electrons. The Balaban J connectivity index is 1.17. The number of nitrogens with one attached hydrogen (secondary N) is 13. The van der Waals surface area contributed by atoms with Crippen molar-refractivity contribution in [3.8, 4) is 18.1 Å². The number of nitrogens with zero attached hydrogens (tertiary/aromatic N) is 5. The predicted octanol–water partition coefficient (Wildman–Crippen LogP) is -1.25. The van der Waals surface area contributed by atoms with Crippen LogP contribution in [0.15, 0.2) is 85.2 Å². The summed E-state index contributed by atoms with van der Waals surface area (Å²) in [5.41, 5.74) is 14.8. The molecule has 17 amide bonds. The molecular weight excluding hydrogens is 1700 g/mol. The largest absolute Gasteiger partial charge is 0.508 e. The van der Waals surface area contributed by atoms with Gasteiger partial charge in [-0.05, 0) is 98.2 Å². The third-order valence-electron chi connectivity index (χ3n) is 23.3. The number of fused-ring (bicyclic) bond motifs is 4. The van der Waals surface area contributed by atoms with Crippen molar-refractivity contribution in [2.45, 2.75) is 229 Å². The summed E-state index contributed by atoms with van der Waals surface area (Å²) in [6.07, 6.45) is 7.63. The fraction of sp³-hybridized carbons (Fsp3) is 0.544. The van der Waals surface area contributed by atoms with Crippen molar-refractivity contribution in [3.63, 3.8) is 0 Å². The molecule has 0 bridgehead atoms. The van der Waals surface area contributed by atoms with Crippen LogP contribution in [0.2, 0.25) is 0 Å². The number of aliphatic hydroxyl groups excluding tert-OH is 1. The van der Waals surface area contributed by atoms with E-state index in [1.165, 1.54) is 62.1 Å². The number of aromatic amines is 2. The molecule has 130 heavy (non-hydrogen) atoms. The number of hydrogen-bond donors (Lipinski definition) is 17. The molecule has 0 saturated carbocycles. The summed E-state index contributed by atoms with van der Waals surface area (Å²) in [5, 5.41) is 52.0. The average Bonchev–Trinajstić information content (AvgIpc) is 1.57. The molecule has 8 rings (SSSR count). The summed E-state index contributed by atoms with van der Waals surface area (Å²) in [6, 6.07) is 0.829. The number of likely N-dealkylation sites (N-methyl/N-ethyl adjacent to an activating group) is 3. The topological polar surface area (TPSA) is 563 Å². The highest BCUT2D eigenvalue weighted by atomic mass is 32.2. The molecule has 5 aromatic rings. The van der Waals surface area contributed by atoms with E-state index in [0.717, 1.165) is 26.5 Å². The first-order valence-electron chi connectivity index (χ1n) is 44.1. The molecule has 3 aliphatic rings. The first-order valence-corrected chi connectivity index (χ1v) is 45.2. The van der Waals surface area contributed by atoms with E-state index in [0.29, 0.717) is 64.2 Å². The van der Waals surface area contributed by atoms with E-state index in [-0.39, 0.29) is 101 Å². The minimum atomic E-state index is -1.76. The van der Waals surface area contributed by atoms with Gasteiger partial charge < -0.3 is 115 Å². The summed E-state index contributed by atoms with van der Waals surface area (Å²) >= 11 is 0.807. The van der Waals surface area contributed by atoms with Crippen LogP contribution in [0.4, 0.5) is 0 Å². The number of amides is 17. The van der Waals surface area contributed by atoms with Gasteiger partial charge in [-0.2, -0.15) is 0 Å². The van der Waals surface area contributed by atoms with E-state index >= 15 is 24.0 Å². The number of hydrogen-bond acceptors (Lipinski definition) is 21. The molecule has 19 N–H and O–H groups in total. The number of carbonyl (C=O) groups is 17. The van der Waals surface area contributed by atoms with Gasteiger partial charge >= 0.3 is 0 Å². The summed E-state index contributed by atoms with van der Waals surface area (Å²) in [6.45, 7) is 9.38. The number of rotatable bonds is 23. The van der Waals surface area contributed by atoms with Crippen LogP contribution in [0.25, 0.3) is 21.8 Å². The van der Waals surface area contributed by atoms with Crippen LogP contribution in [0.1, 0.15) is 142 Å². The highest BCUT2D eigenvalue weighted by Gasteiger charge is 2.46. The predicted molar refractivity (Wildman–Crippen MR) is 483 cm³/mol. The zero-order chi connectivity index (χ0) is 95.3. The van der Waals surface area contributed by atoms with E-state index in [2.05, 4.69) is 74.4 Å². The number of aromatic nitrogens is 2. The Labute approximate surface area is 759 Å². The maximum atomic E-state index is 15.6. The number of phenolic OH excluding ortho intramolecular Hbond substituents is 1. The second-order valence-corrected chi connectivity index (χ2v) is 35.2. The zero-order valence-corrected chi connectivity index (χ0v) is 76.1. The standard InChI is InChI=1S/C90H126N20O19S/c1-12-15-26-70-83(122)100-62(35-50(4)5)81(120)105-69(80(119)96-45-75(114)93-33-14-3)48-130-49-77(116)99-65(37-53-29-31-56(111)32-30-53)86(125)106(9)52(8)78(117)102-67(41-74(92)113)88(127)109-34-21-28-71(109)84(123)104-68(42-91)82(121)103-64(36-51(6)7)89(128)110-47-57(112)40-73(110)85(124)101-63(38-54-43-94-60-24-19-17-22-58(54)60)79(118)97-46-76(115)98-66(39-55-44-95-61-25-20-18-23-59(55)61)87(126)108(11)72(27-16-13-2)90(129)107(70)10/h3,17-20,22-25,29-32,43-44,50-52,57,62-73,94-95,111-112H,12-13,15-16,21,26-28,33-42,45-49,91H2,1-2,4-11H3,(H2,92,113)(H,93,114)(H,96,119)(H,97,118)(H,98,115)(H,99,116)(H,100,122)(H,101,124)(H,102,117)(H,103,121)(H,104,123)(H,105,120)/t52-,57+,62-,63-,64-,65-,66?,67-,68-,69-,70-,71-,72-,73-/m0/s1. The van der Waals surface area contributed by atoms with E-state index < -0.39 is 223 Å². The van der Waals surface area contributed by atoms with Gasteiger partial charge in [0, 0.05) is 106 Å². The van der Waals surface area contributed by atoms with Crippen molar-refractivity contribution in [1.82, 2.24) is 93.0 Å². The lowest BCUT2D eigenvalue weighted by Crippen LogP contribution is -2.61. The van der Waals surface area contributed by atoms with Crippen molar-refractivity contribution in [2.75, 3.05) is 71.9 Å². The van der Waals surface area contributed by atoms with Crippen LogP contribution in [-0.2, 0) is 101 Å². The molecule has 2 aromatic heterocycles. The molecule has 0 radical (unpaired) electrons. The minimum absolute atomic E-state index is 0.000524. The van der Waals surface area contributed by atoms with Gasteiger partial charge in [-0.25, -0.2) is 0 Å². The van der Waals surface area contributed by atoms with Gasteiger partial charge in [-0.1, -0.05) is 122 Å². The van der Waals surface area contributed by atoms with Crippen molar-refractivity contribution in [1.29, 1.82) is 0 Å². The Morgan fingerprint density at radius 1 is 0.569 bits per heavy atom. The molecule has 39 nitrogen and oxygen atoms in total. The highest BCUT2D eigenvalue weighted by Crippen LogP contribution is 2.28. The second kappa shape index (κ2) is 49.2. The fourth-order valence-corrected chi connectivity index (χ4v) is 17.0. The minimum Gasteiger partial charge on any atom is -0.508 e. The number of aromatic hydroxyl groups is 1. The summed E-state index contributed by atoms with van der Waals surface area (Å²) in [5.74, 6) is -14.3. The first-order chi connectivity index (χ1) is 61.9. The number of carbonyl (C=O) groups excluding carboxylic acids is 17. The molecule has 1 unspecified atom stereocenters. The number of aliphatic hydroxyl groups is 1. The van der Waals surface area contributed by atoms with Crippen molar-refractivity contribution >= 4 is 134 Å². The molecule has 3 aliphatic heterocycles. The Morgan fingerprint density at radius 2 is 1.10 bits per heavy atom. The maximum Gasteiger partial charge on any atom is 0.246 e. The number of nitrogens with two attached hydrogens (primary N) is 2. The van der Waals surface area contributed by atoms with Gasteiger partial charge in [-0.15, -0.1) is 18.2 Å². The van der Waals surface area contributed by atoms with Gasteiger partial charge in [0.1, 0.15) is 84.3 Å². The number of phenols is 1. The first kappa shape index (κ1) is 103. The van der Waals surface area contributed by atoms with Crippen LogP contribution in [0.5, 0.6) is 5.75 Å². The highest BCUT2D eigenvalue weighted by molar-refractivity contribution is 8.00. The molecule has 40 heteroatoms. The average molecular weight is 1820 g/mol. The van der Waals surface area contributed by atoms with Gasteiger partial charge in [0.05, 0.1) is 37.9 Å². The Morgan fingerprint density at radius 3 is 1.71 bits per heavy atom. The monoisotopic (exact) mass is 1820 g/mol. The van der Waals surface area contributed by atoms with E-state index in [4.69, 9.17) is 17.9 Å². The van der Waals surface area contributed by atoms with Gasteiger partial charge in [0.15, 0.2) is 0 Å². The molecule has 5 heterocycles. The van der Waals surface area contributed by atoms with Gasteiger partial charge in [-0.3, -0.25) is 81.5 Å². The Hall–Kier alpha value is -12.6. The molecular formula is C90H126N20O19S. The summed E-state index contributed by atoms with van der Waals surface area (Å²) in [7, 11) is 4.03. The van der Waals surface area contributed by atoms with E-state index in [1.54, 1.807) is 76.5 Å². The number of benzene rings is 3. The normalized spacial score (nSPS) is 24.7. The van der Waals surface area contributed by atoms with Crippen molar-refractivity contribution in [2.24, 2.45) is 23.3 Å². The number of terminal acetylenes is 1. The lowest BCUT2D eigenvalue weighted by atomic mass is 9.99. The second-order valence-electron chi connectivity index (χ2n) is 34.1. The van der Waals surface area contributed by atoms with Crippen molar-refractivity contribution in [3.05, 3.63) is 102 Å². The summed E-state index contributed by atoms with van der Waals surface area (Å²) < 4.78 is 0. The lowest BCUT2D eigenvalue weighted by molar-refractivity contribution is -0.149. The molecule has 0 aliphatic carbocycles. The molecule has 3 aromatic carbocycles. The fourth-order valence-electron chi connectivity index (χ4n) is 16.1. The molecule has 0 spiro atoms. The quantitative estimate of drug-likeness (QED) is 0.0340. The number of thioether (sulfide) groups is 1. The van der Waals surface area contributed by atoms with E-state index in [1.807, 2.05) is 26.0 Å². The molecule has 3 saturated heterocycles. The maximum absolute atomic E-state index is 15.6. The Bertz CT molecular complexity index is 4920. The van der Waals surface area contributed by atoms with Gasteiger partial charge in [0.2, 0.25) is 100 Å². The van der Waals surface area contributed by atoms with Crippen LogP contribution >= 0.6 is 11.8 Å². The lowest BCUT2D eigenvalue weighted by Gasteiger charge is -2.36. The van der Waals surface area contributed by atoms with E-state index in [9.17, 15) is 67.7 Å². The Kier molecular flexibility index (Phi) is 38.9. The van der Waals surface area contributed by atoms with Crippen LogP contribution in [0, 0.1) is 24.2 Å². The van der Waals surface area contributed by atoms with Gasteiger partial charge in [0.25, 0.3) is 0 Å². The number of H-pyrrole nitrogens is 2. The number of unbranched alkanes of at least 4 members (excludes halogenated alkanes) is 2. The van der Waals surface area contributed by atoms with Crippen molar-refractivity contribution < 1.29 is 91.7 Å². The molecule has 14 atom stereocenters. The van der Waals surface area contributed by atoms with Crippen LogP contribution in [-0.4, -0.2) is 302 Å². The number of primary amides is 1. The third-order valence-corrected chi connectivity index (χ3v) is 24.3. The molecule has 3 fully saturated rings.